The molecule has 2 aromatic rings. The summed E-state index contributed by atoms with van der Waals surface area (Å²) >= 11 is 0. The first-order valence-corrected chi connectivity index (χ1v) is 7.09. The summed E-state index contributed by atoms with van der Waals surface area (Å²) in [5, 5.41) is 17.4. The lowest BCUT2D eigenvalue weighted by Crippen LogP contribution is -2.02. The number of aromatic nitrogens is 2. The molecule has 0 radical (unpaired) electrons. The van der Waals surface area contributed by atoms with Crippen LogP contribution in [0.5, 0.6) is 11.6 Å². The Morgan fingerprint density at radius 2 is 1.95 bits per heavy atom. The van der Waals surface area contributed by atoms with Gasteiger partial charge in [0.2, 0.25) is 0 Å². The minimum absolute atomic E-state index is 0.274. The fourth-order valence-corrected chi connectivity index (χ4v) is 2.09. The van der Waals surface area contributed by atoms with Crippen molar-refractivity contribution in [2.24, 2.45) is 0 Å². The van der Waals surface area contributed by atoms with E-state index in [0.717, 1.165) is 29.0 Å². The van der Waals surface area contributed by atoms with Crippen molar-refractivity contribution in [2.75, 3.05) is 0 Å². The molecule has 0 aliphatic heterocycles. The average Bonchev–Trinajstić information content (AvgIpc) is 2.51. The highest BCUT2D eigenvalue weighted by atomic mass is 16.5. The molecule has 21 heavy (non-hydrogen) atoms. The SMILES string of the molecule is CCC(C)c1ccccc1Oc1nnc(C)c(C)c1C#N. The van der Waals surface area contributed by atoms with Gasteiger partial charge in [0.1, 0.15) is 17.4 Å². The Morgan fingerprint density at radius 1 is 1.24 bits per heavy atom. The maximum absolute atomic E-state index is 9.33. The number of rotatable bonds is 4. The van der Waals surface area contributed by atoms with Gasteiger partial charge < -0.3 is 4.74 Å². The predicted molar refractivity (Wildman–Crippen MR) is 81.4 cm³/mol. The van der Waals surface area contributed by atoms with Crippen LogP contribution in [-0.4, -0.2) is 10.2 Å². The van der Waals surface area contributed by atoms with Crippen LogP contribution in [-0.2, 0) is 0 Å². The van der Waals surface area contributed by atoms with Gasteiger partial charge in [-0.25, -0.2) is 0 Å². The first kappa shape index (κ1) is 15.0. The molecule has 2 rings (SSSR count). The lowest BCUT2D eigenvalue weighted by atomic mass is 9.98. The lowest BCUT2D eigenvalue weighted by Gasteiger charge is -2.15. The Bertz CT molecular complexity index is 689. The van der Waals surface area contributed by atoms with E-state index in [4.69, 9.17) is 4.74 Å². The Labute approximate surface area is 125 Å². The number of hydrogen-bond donors (Lipinski definition) is 0. The number of nitriles is 1. The number of nitrogens with zero attached hydrogens (tertiary/aromatic N) is 3. The van der Waals surface area contributed by atoms with Crippen LogP contribution in [0.4, 0.5) is 0 Å². The standard InChI is InChI=1S/C17H19N3O/c1-5-11(2)14-8-6-7-9-16(14)21-17-15(10-18)12(3)13(4)19-20-17/h6-9,11H,5H2,1-4H3. The molecule has 0 spiro atoms. The number of para-hydroxylation sites is 1. The van der Waals surface area contributed by atoms with Crippen molar-refractivity contribution in [1.82, 2.24) is 10.2 Å². The number of hydrogen-bond acceptors (Lipinski definition) is 4. The Hall–Kier alpha value is -2.41. The van der Waals surface area contributed by atoms with Crippen LogP contribution >= 0.6 is 0 Å². The van der Waals surface area contributed by atoms with E-state index in [0.29, 0.717) is 11.5 Å². The van der Waals surface area contributed by atoms with Gasteiger partial charge in [-0.1, -0.05) is 32.0 Å². The normalized spacial score (nSPS) is 11.8. The van der Waals surface area contributed by atoms with Crippen molar-refractivity contribution in [2.45, 2.75) is 40.0 Å². The highest BCUT2D eigenvalue weighted by Crippen LogP contribution is 2.32. The summed E-state index contributed by atoms with van der Waals surface area (Å²) in [6.07, 6.45) is 1.02. The third-order valence-corrected chi connectivity index (χ3v) is 3.80. The van der Waals surface area contributed by atoms with Gasteiger partial charge in [0.15, 0.2) is 0 Å². The van der Waals surface area contributed by atoms with E-state index in [9.17, 15) is 5.26 Å². The summed E-state index contributed by atoms with van der Waals surface area (Å²) in [5.74, 6) is 1.39. The first-order valence-electron chi connectivity index (χ1n) is 7.09. The molecule has 4 heteroatoms. The zero-order chi connectivity index (χ0) is 15.4. The molecule has 0 saturated heterocycles. The summed E-state index contributed by atoms with van der Waals surface area (Å²) in [6, 6.07) is 10.0. The molecular formula is C17H19N3O. The Balaban J connectivity index is 2.45. The van der Waals surface area contributed by atoms with Crippen LogP contribution in [0.1, 0.15) is 48.6 Å². The van der Waals surface area contributed by atoms with E-state index in [1.54, 1.807) is 0 Å². The van der Waals surface area contributed by atoms with Crippen molar-refractivity contribution in [3.63, 3.8) is 0 Å². The van der Waals surface area contributed by atoms with Gasteiger partial charge in [-0.05, 0) is 43.4 Å². The Morgan fingerprint density at radius 3 is 2.62 bits per heavy atom. The van der Waals surface area contributed by atoms with Crippen molar-refractivity contribution >= 4 is 0 Å². The van der Waals surface area contributed by atoms with Crippen molar-refractivity contribution in [3.05, 3.63) is 46.6 Å². The van der Waals surface area contributed by atoms with Gasteiger partial charge in [0.25, 0.3) is 5.88 Å². The van der Waals surface area contributed by atoms with Crippen molar-refractivity contribution in [3.8, 4) is 17.7 Å². The molecule has 1 heterocycles. The summed E-state index contributed by atoms with van der Waals surface area (Å²) in [5.41, 5.74) is 3.11. The molecule has 0 fully saturated rings. The molecule has 0 bridgehead atoms. The van der Waals surface area contributed by atoms with E-state index in [1.165, 1.54) is 0 Å². The molecule has 0 N–H and O–H groups in total. The van der Waals surface area contributed by atoms with E-state index in [-0.39, 0.29) is 5.88 Å². The highest BCUT2D eigenvalue weighted by molar-refractivity contribution is 5.48. The highest BCUT2D eigenvalue weighted by Gasteiger charge is 2.16. The molecule has 1 aromatic heterocycles. The number of aryl methyl sites for hydroxylation is 1. The second-order valence-electron chi connectivity index (χ2n) is 5.15. The molecule has 4 nitrogen and oxygen atoms in total. The van der Waals surface area contributed by atoms with Gasteiger partial charge >= 0.3 is 0 Å². The van der Waals surface area contributed by atoms with Gasteiger partial charge in [0, 0.05) is 0 Å². The largest absolute Gasteiger partial charge is 0.436 e. The van der Waals surface area contributed by atoms with Crippen LogP contribution in [0, 0.1) is 25.2 Å². The van der Waals surface area contributed by atoms with Crippen LogP contribution in [0.3, 0.4) is 0 Å². The molecule has 0 saturated carbocycles. The fourth-order valence-electron chi connectivity index (χ4n) is 2.09. The second kappa shape index (κ2) is 6.36. The molecular weight excluding hydrogens is 262 g/mol. The van der Waals surface area contributed by atoms with Crippen molar-refractivity contribution < 1.29 is 4.74 Å². The maximum atomic E-state index is 9.33. The maximum Gasteiger partial charge on any atom is 0.257 e. The molecule has 0 aliphatic rings. The summed E-state index contributed by atoms with van der Waals surface area (Å²) in [6.45, 7) is 7.98. The lowest BCUT2D eigenvalue weighted by molar-refractivity contribution is 0.442. The minimum Gasteiger partial charge on any atom is -0.436 e. The van der Waals surface area contributed by atoms with Gasteiger partial charge in [-0.3, -0.25) is 0 Å². The summed E-state index contributed by atoms with van der Waals surface area (Å²) < 4.78 is 5.89. The van der Waals surface area contributed by atoms with Gasteiger partial charge in [0.05, 0.1) is 5.69 Å². The second-order valence-corrected chi connectivity index (χ2v) is 5.15. The van der Waals surface area contributed by atoms with Gasteiger partial charge in [-0.2, -0.15) is 10.4 Å². The van der Waals surface area contributed by atoms with E-state index in [2.05, 4.69) is 30.1 Å². The van der Waals surface area contributed by atoms with Crippen molar-refractivity contribution in [1.29, 1.82) is 5.26 Å². The summed E-state index contributed by atoms with van der Waals surface area (Å²) in [7, 11) is 0. The zero-order valence-corrected chi connectivity index (χ0v) is 12.8. The predicted octanol–water partition coefficient (Wildman–Crippen LogP) is 4.27. The quantitative estimate of drug-likeness (QED) is 0.839. The van der Waals surface area contributed by atoms with Gasteiger partial charge in [-0.15, -0.1) is 5.10 Å². The monoisotopic (exact) mass is 281 g/mol. The fraction of sp³-hybridized carbons (Fsp3) is 0.353. The van der Waals surface area contributed by atoms with Crippen LogP contribution < -0.4 is 4.74 Å². The van der Waals surface area contributed by atoms with E-state index < -0.39 is 0 Å². The van der Waals surface area contributed by atoms with Crippen LogP contribution in [0.2, 0.25) is 0 Å². The third-order valence-electron chi connectivity index (χ3n) is 3.80. The molecule has 1 unspecified atom stereocenters. The molecule has 0 aliphatic carbocycles. The van der Waals surface area contributed by atoms with Crippen LogP contribution in [0.15, 0.2) is 24.3 Å². The number of ether oxygens (including phenoxy) is 1. The molecule has 108 valence electrons. The molecule has 1 atom stereocenters. The summed E-state index contributed by atoms with van der Waals surface area (Å²) in [4.78, 5) is 0. The third kappa shape index (κ3) is 3.03. The molecule has 0 amide bonds. The van der Waals surface area contributed by atoms with Crippen LogP contribution in [0.25, 0.3) is 0 Å². The minimum atomic E-state index is 0.274. The smallest absolute Gasteiger partial charge is 0.257 e. The molecule has 1 aromatic carbocycles. The average molecular weight is 281 g/mol. The van der Waals surface area contributed by atoms with E-state index >= 15 is 0 Å². The zero-order valence-electron chi connectivity index (χ0n) is 12.8. The first-order chi connectivity index (χ1) is 10.1. The topological polar surface area (TPSA) is 58.8 Å². The Kier molecular flexibility index (Phi) is 4.54. The van der Waals surface area contributed by atoms with E-state index in [1.807, 2.05) is 38.1 Å². The number of benzene rings is 1.